The highest BCUT2D eigenvalue weighted by Gasteiger charge is 2.11. The van der Waals surface area contributed by atoms with Crippen molar-refractivity contribution in [1.82, 2.24) is 5.16 Å². The van der Waals surface area contributed by atoms with E-state index < -0.39 is 11.9 Å². The monoisotopic (exact) mass is 380 g/mol. The normalized spacial score (nSPS) is 11.6. The van der Waals surface area contributed by atoms with Crippen molar-refractivity contribution in [3.05, 3.63) is 78.9 Å². The zero-order valence-corrected chi connectivity index (χ0v) is 15.0. The third kappa shape index (κ3) is 5.65. The fraction of sp³-hybridized carbons (Fsp3) is 0.0952. The van der Waals surface area contributed by atoms with Crippen molar-refractivity contribution in [2.75, 3.05) is 0 Å². The number of hydrogen-bond donors (Lipinski definition) is 3. The quantitative estimate of drug-likeness (QED) is 0.439. The van der Waals surface area contributed by atoms with E-state index in [1.165, 1.54) is 0 Å². The highest BCUT2D eigenvalue weighted by molar-refractivity contribution is 5.91. The molecule has 0 saturated carbocycles. The van der Waals surface area contributed by atoms with Gasteiger partial charge in [-0.25, -0.2) is 9.59 Å². The smallest absolute Gasteiger partial charge is 0.328 e. The number of carbonyl (C=O) groups is 2. The average molecular weight is 380 g/mol. The Kier molecular flexibility index (Phi) is 7.24. The Bertz CT molecular complexity index is 991. The number of carboxylic acids is 2. The van der Waals surface area contributed by atoms with E-state index in [1.807, 2.05) is 48.5 Å². The predicted octanol–water partition coefficient (Wildman–Crippen LogP) is 3.78. The van der Waals surface area contributed by atoms with Crippen LogP contribution < -0.4 is 5.73 Å². The van der Waals surface area contributed by atoms with Crippen molar-refractivity contribution < 1.29 is 24.3 Å². The molecule has 1 atom stereocenters. The van der Waals surface area contributed by atoms with Gasteiger partial charge in [0.25, 0.3) is 0 Å². The first-order chi connectivity index (χ1) is 13.4. The summed E-state index contributed by atoms with van der Waals surface area (Å²) in [6.45, 7) is 3.73. The van der Waals surface area contributed by atoms with Gasteiger partial charge in [0.05, 0.1) is 0 Å². The molecule has 4 N–H and O–H groups in total. The summed E-state index contributed by atoms with van der Waals surface area (Å²) >= 11 is 0. The first-order valence-electron chi connectivity index (χ1n) is 8.37. The van der Waals surface area contributed by atoms with Crippen molar-refractivity contribution in [1.29, 1.82) is 0 Å². The molecule has 0 fully saturated rings. The van der Waals surface area contributed by atoms with Crippen LogP contribution in [-0.4, -0.2) is 27.3 Å². The molecule has 7 nitrogen and oxygen atoms in total. The van der Waals surface area contributed by atoms with Gasteiger partial charge in [0, 0.05) is 29.1 Å². The van der Waals surface area contributed by atoms with Gasteiger partial charge in [0.2, 0.25) is 0 Å². The Hall–Kier alpha value is -3.71. The molecule has 0 amide bonds. The molecule has 0 aliphatic heterocycles. The van der Waals surface area contributed by atoms with E-state index in [1.54, 1.807) is 0 Å². The van der Waals surface area contributed by atoms with Crippen LogP contribution in [0.2, 0.25) is 0 Å². The van der Waals surface area contributed by atoms with Crippen LogP contribution in [0.3, 0.4) is 0 Å². The van der Waals surface area contributed by atoms with Gasteiger partial charge >= 0.3 is 11.9 Å². The molecule has 0 spiro atoms. The fourth-order valence-corrected chi connectivity index (χ4v) is 2.47. The van der Waals surface area contributed by atoms with E-state index >= 15 is 0 Å². The Labute approximate surface area is 161 Å². The van der Waals surface area contributed by atoms with Crippen LogP contribution in [0.1, 0.15) is 18.0 Å². The number of benzene rings is 2. The van der Waals surface area contributed by atoms with Gasteiger partial charge in [0.1, 0.15) is 5.69 Å². The van der Waals surface area contributed by atoms with E-state index in [0.717, 1.165) is 34.2 Å². The molecule has 1 aromatic heterocycles. The third-order valence-corrected chi connectivity index (χ3v) is 3.75. The number of fused-ring (bicyclic) bond motifs is 1. The number of nitrogens with two attached hydrogens (primary N) is 1. The number of aromatic nitrogens is 1. The molecule has 144 valence electrons. The fourth-order valence-electron chi connectivity index (χ4n) is 2.47. The molecule has 0 aliphatic carbocycles. The van der Waals surface area contributed by atoms with Crippen LogP contribution in [-0.2, 0) is 9.59 Å². The lowest BCUT2D eigenvalue weighted by Crippen LogP contribution is -2.08. The third-order valence-electron chi connectivity index (χ3n) is 3.75. The minimum Gasteiger partial charge on any atom is -0.478 e. The highest BCUT2D eigenvalue weighted by atomic mass is 16.5. The van der Waals surface area contributed by atoms with Crippen LogP contribution in [0.4, 0.5) is 0 Å². The maximum absolute atomic E-state index is 9.55. The van der Waals surface area contributed by atoms with E-state index in [9.17, 15) is 9.59 Å². The number of nitrogens with zero attached hydrogens (tertiary/aromatic N) is 1. The van der Waals surface area contributed by atoms with E-state index in [0.29, 0.717) is 12.2 Å². The van der Waals surface area contributed by atoms with Crippen LogP contribution >= 0.6 is 0 Å². The summed E-state index contributed by atoms with van der Waals surface area (Å²) < 4.78 is 5.35. The second-order valence-corrected chi connectivity index (χ2v) is 5.79. The average Bonchev–Trinajstić information content (AvgIpc) is 3.11. The lowest BCUT2D eigenvalue weighted by atomic mass is 10.00. The molecule has 7 heteroatoms. The second-order valence-electron chi connectivity index (χ2n) is 5.79. The molecule has 2 aromatic carbocycles. The minimum absolute atomic E-state index is 0.0365. The van der Waals surface area contributed by atoms with Crippen LogP contribution in [0.15, 0.2) is 77.9 Å². The van der Waals surface area contributed by atoms with E-state index in [-0.39, 0.29) is 6.04 Å². The topological polar surface area (TPSA) is 127 Å². The molecular weight excluding hydrogens is 360 g/mol. The number of para-hydroxylation sites is 1. The summed E-state index contributed by atoms with van der Waals surface area (Å²) in [5, 5.41) is 20.8. The number of hydrogen-bond acceptors (Lipinski definition) is 5. The summed E-state index contributed by atoms with van der Waals surface area (Å²) in [7, 11) is 0. The summed E-state index contributed by atoms with van der Waals surface area (Å²) in [5.41, 5.74) is 9.87. The van der Waals surface area contributed by atoms with Crippen LogP contribution in [0.5, 0.6) is 0 Å². The Balaban J connectivity index is 0.000000300. The molecule has 0 radical (unpaired) electrons. The van der Waals surface area contributed by atoms with Crippen LogP contribution in [0, 0.1) is 0 Å². The zero-order valence-electron chi connectivity index (χ0n) is 15.0. The maximum atomic E-state index is 9.55. The minimum atomic E-state index is -1.26. The number of rotatable bonds is 6. The largest absolute Gasteiger partial charge is 0.478 e. The molecular formula is C21H20N2O5. The SMILES string of the molecule is C=CCC(N)c1cccc(-c2noc3ccccc23)c1.O=C(O)/C=C\C(=O)O. The Morgan fingerprint density at radius 2 is 1.79 bits per heavy atom. The van der Waals surface area contributed by atoms with Gasteiger partial charge in [-0.3, -0.25) is 0 Å². The molecule has 1 unspecified atom stereocenters. The zero-order chi connectivity index (χ0) is 20.5. The molecule has 0 saturated heterocycles. The van der Waals surface area contributed by atoms with Crippen molar-refractivity contribution >= 4 is 22.9 Å². The molecule has 0 bridgehead atoms. The molecule has 1 heterocycles. The van der Waals surface area contributed by atoms with Gasteiger partial charge < -0.3 is 20.5 Å². The Morgan fingerprint density at radius 3 is 2.43 bits per heavy atom. The van der Waals surface area contributed by atoms with Crippen molar-refractivity contribution in [3.8, 4) is 11.3 Å². The van der Waals surface area contributed by atoms with E-state index in [4.69, 9.17) is 20.5 Å². The van der Waals surface area contributed by atoms with Gasteiger partial charge in [-0.2, -0.15) is 0 Å². The molecule has 28 heavy (non-hydrogen) atoms. The van der Waals surface area contributed by atoms with Crippen molar-refractivity contribution in [2.24, 2.45) is 5.73 Å². The molecule has 3 rings (SSSR count). The van der Waals surface area contributed by atoms with E-state index in [2.05, 4.69) is 17.8 Å². The first-order valence-corrected chi connectivity index (χ1v) is 8.37. The molecule has 3 aromatic rings. The maximum Gasteiger partial charge on any atom is 0.328 e. The lowest BCUT2D eigenvalue weighted by Gasteiger charge is -2.10. The number of aliphatic carboxylic acids is 2. The van der Waals surface area contributed by atoms with Gasteiger partial charge in [-0.15, -0.1) is 6.58 Å². The summed E-state index contributed by atoms with van der Waals surface area (Å²) in [4.78, 5) is 19.1. The molecule has 0 aliphatic rings. The van der Waals surface area contributed by atoms with Gasteiger partial charge in [-0.05, 0) is 30.2 Å². The Morgan fingerprint density at radius 1 is 1.11 bits per heavy atom. The second kappa shape index (κ2) is 9.84. The lowest BCUT2D eigenvalue weighted by molar-refractivity contribution is -0.134. The van der Waals surface area contributed by atoms with Gasteiger partial charge in [-0.1, -0.05) is 41.6 Å². The summed E-state index contributed by atoms with van der Waals surface area (Å²) in [6.07, 6.45) is 3.70. The van der Waals surface area contributed by atoms with Crippen molar-refractivity contribution in [2.45, 2.75) is 12.5 Å². The standard InChI is InChI=1S/C17H16N2O.C4H4O4/c1-2-6-15(18)12-7-5-8-13(11-12)17-14-9-3-4-10-16(14)20-19-17;5-3(6)1-2-4(7)8/h2-5,7-11,15H,1,6,18H2;1-2H,(H,5,6)(H,7,8)/b;2-1-. The van der Waals surface area contributed by atoms with Gasteiger partial charge in [0.15, 0.2) is 5.58 Å². The summed E-state index contributed by atoms with van der Waals surface area (Å²) in [6, 6.07) is 15.9. The first kappa shape index (κ1) is 20.6. The van der Waals surface area contributed by atoms with Crippen LogP contribution in [0.25, 0.3) is 22.2 Å². The number of carboxylic acid groups (broad SMARTS) is 2. The summed E-state index contributed by atoms with van der Waals surface area (Å²) in [5.74, 6) is -2.51. The predicted molar refractivity (Wildman–Crippen MR) is 106 cm³/mol. The van der Waals surface area contributed by atoms with Crippen molar-refractivity contribution in [3.63, 3.8) is 0 Å². The highest BCUT2D eigenvalue weighted by Crippen LogP contribution is 2.29.